The number of carbonyl (C=O) groups is 1. The fourth-order valence-electron chi connectivity index (χ4n) is 2.70. The highest BCUT2D eigenvalue weighted by molar-refractivity contribution is 7.14. The lowest BCUT2D eigenvalue weighted by atomic mass is 9.87. The highest BCUT2D eigenvalue weighted by atomic mass is 32.1. The van der Waals surface area contributed by atoms with E-state index in [-0.39, 0.29) is 11.7 Å². The van der Waals surface area contributed by atoms with Crippen LogP contribution in [0.4, 0.5) is 9.52 Å². The van der Waals surface area contributed by atoms with Crippen LogP contribution in [0.3, 0.4) is 0 Å². The molecule has 1 aromatic heterocycles. The lowest BCUT2D eigenvalue weighted by Gasteiger charge is -2.17. The summed E-state index contributed by atoms with van der Waals surface area (Å²) >= 11 is 1.27. The van der Waals surface area contributed by atoms with Gasteiger partial charge in [-0.05, 0) is 25.0 Å². The van der Waals surface area contributed by atoms with Gasteiger partial charge in [-0.25, -0.2) is 9.37 Å². The third-order valence-electron chi connectivity index (χ3n) is 3.95. The molecule has 0 atom stereocenters. The second-order valence-corrected chi connectivity index (χ2v) is 6.26. The van der Waals surface area contributed by atoms with Crippen molar-refractivity contribution >= 4 is 22.4 Å². The van der Waals surface area contributed by atoms with Crippen molar-refractivity contribution in [1.29, 1.82) is 5.26 Å². The molecule has 4 nitrogen and oxygen atoms in total. The molecule has 0 bridgehead atoms. The number of rotatable bonds is 3. The van der Waals surface area contributed by atoms with Gasteiger partial charge in [0.05, 0.1) is 11.8 Å². The zero-order valence-corrected chi connectivity index (χ0v) is 12.6. The van der Waals surface area contributed by atoms with Gasteiger partial charge < -0.3 is 5.32 Å². The first-order valence-corrected chi connectivity index (χ1v) is 7.95. The Morgan fingerprint density at radius 3 is 2.86 bits per heavy atom. The molecule has 112 valence electrons. The number of aromatic nitrogens is 1. The molecule has 1 fully saturated rings. The summed E-state index contributed by atoms with van der Waals surface area (Å²) < 4.78 is 13.2. The lowest BCUT2D eigenvalue weighted by molar-refractivity contribution is -0.122. The Kier molecular flexibility index (Phi) is 3.90. The van der Waals surface area contributed by atoms with E-state index < -0.39 is 5.41 Å². The van der Waals surface area contributed by atoms with Crippen LogP contribution in [-0.2, 0) is 4.79 Å². The summed E-state index contributed by atoms with van der Waals surface area (Å²) in [6.07, 6.45) is 2.98. The van der Waals surface area contributed by atoms with Gasteiger partial charge >= 0.3 is 0 Å². The number of nitriles is 1. The van der Waals surface area contributed by atoms with Crippen LogP contribution in [0.5, 0.6) is 0 Å². The monoisotopic (exact) mass is 315 g/mol. The van der Waals surface area contributed by atoms with Gasteiger partial charge in [0.25, 0.3) is 0 Å². The summed E-state index contributed by atoms with van der Waals surface area (Å²) in [6.45, 7) is 0. The Labute approximate surface area is 131 Å². The second-order valence-electron chi connectivity index (χ2n) is 5.40. The van der Waals surface area contributed by atoms with Gasteiger partial charge in [-0.1, -0.05) is 25.0 Å². The summed E-state index contributed by atoms with van der Waals surface area (Å²) in [5, 5.41) is 14.2. The van der Waals surface area contributed by atoms with E-state index in [4.69, 9.17) is 0 Å². The summed E-state index contributed by atoms with van der Waals surface area (Å²) in [5.74, 6) is -0.613. The molecular formula is C16H14FN3OS. The molecule has 0 aliphatic heterocycles. The van der Waals surface area contributed by atoms with Crippen LogP contribution in [0.25, 0.3) is 11.3 Å². The molecule has 1 heterocycles. The number of anilines is 1. The second kappa shape index (κ2) is 5.85. The highest BCUT2D eigenvalue weighted by Crippen LogP contribution is 2.38. The van der Waals surface area contributed by atoms with Crippen LogP contribution in [0, 0.1) is 22.6 Å². The molecule has 6 heteroatoms. The number of benzene rings is 1. The third kappa shape index (κ3) is 2.72. The Hall–Kier alpha value is -2.26. The summed E-state index contributed by atoms with van der Waals surface area (Å²) in [7, 11) is 0. The van der Waals surface area contributed by atoms with E-state index >= 15 is 0 Å². The molecule has 1 aliphatic carbocycles. The minimum atomic E-state index is -0.926. The molecule has 1 aromatic carbocycles. The van der Waals surface area contributed by atoms with Gasteiger partial charge in [-0.2, -0.15) is 5.26 Å². The van der Waals surface area contributed by atoms with Gasteiger partial charge in [0.1, 0.15) is 11.2 Å². The van der Waals surface area contributed by atoms with E-state index in [2.05, 4.69) is 16.4 Å². The average molecular weight is 315 g/mol. The van der Waals surface area contributed by atoms with Crippen molar-refractivity contribution in [1.82, 2.24) is 4.98 Å². The van der Waals surface area contributed by atoms with Crippen molar-refractivity contribution in [2.24, 2.45) is 5.41 Å². The molecule has 1 saturated carbocycles. The number of thiazole rings is 1. The summed E-state index contributed by atoms with van der Waals surface area (Å²) in [5.41, 5.74) is 0.342. The fourth-order valence-corrected chi connectivity index (χ4v) is 3.41. The van der Waals surface area contributed by atoms with E-state index in [0.717, 1.165) is 12.8 Å². The SMILES string of the molecule is N#CC1(C(=O)Nc2nc(-c3cccc(F)c3)cs2)CCCC1. The minimum Gasteiger partial charge on any atom is -0.301 e. The molecule has 1 amide bonds. The quantitative estimate of drug-likeness (QED) is 0.932. The van der Waals surface area contributed by atoms with Crippen LogP contribution in [0.15, 0.2) is 29.6 Å². The zero-order chi connectivity index (χ0) is 15.6. The van der Waals surface area contributed by atoms with Crippen molar-refractivity contribution < 1.29 is 9.18 Å². The van der Waals surface area contributed by atoms with Crippen LogP contribution in [-0.4, -0.2) is 10.9 Å². The average Bonchev–Trinajstić information content (AvgIpc) is 3.17. The van der Waals surface area contributed by atoms with Crippen molar-refractivity contribution in [3.8, 4) is 17.3 Å². The number of amides is 1. The first-order valence-electron chi connectivity index (χ1n) is 7.07. The molecular weight excluding hydrogens is 301 g/mol. The van der Waals surface area contributed by atoms with E-state index in [9.17, 15) is 14.4 Å². The predicted molar refractivity (Wildman–Crippen MR) is 82.7 cm³/mol. The topological polar surface area (TPSA) is 65.8 Å². The first kappa shape index (κ1) is 14.7. The van der Waals surface area contributed by atoms with Crippen LogP contribution >= 0.6 is 11.3 Å². The molecule has 1 N–H and O–H groups in total. The van der Waals surface area contributed by atoms with E-state index in [1.807, 2.05) is 0 Å². The van der Waals surface area contributed by atoms with Gasteiger partial charge in [0.15, 0.2) is 5.13 Å². The molecule has 1 aliphatic rings. The molecule has 0 saturated heterocycles. The van der Waals surface area contributed by atoms with Gasteiger partial charge in [-0.15, -0.1) is 11.3 Å². The molecule has 0 radical (unpaired) electrons. The Bertz CT molecular complexity index is 744. The summed E-state index contributed by atoms with van der Waals surface area (Å²) in [4.78, 5) is 16.6. The van der Waals surface area contributed by atoms with Crippen molar-refractivity contribution in [2.45, 2.75) is 25.7 Å². The molecule has 22 heavy (non-hydrogen) atoms. The fraction of sp³-hybridized carbons (Fsp3) is 0.312. The third-order valence-corrected chi connectivity index (χ3v) is 4.71. The van der Waals surface area contributed by atoms with Crippen molar-refractivity contribution in [2.75, 3.05) is 5.32 Å². The minimum absolute atomic E-state index is 0.285. The zero-order valence-electron chi connectivity index (χ0n) is 11.8. The van der Waals surface area contributed by atoms with Crippen LogP contribution < -0.4 is 5.32 Å². The smallest absolute Gasteiger partial charge is 0.246 e. The molecule has 0 unspecified atom stereocenters. The van der Waals surface area contributed by atoms with Crippen molar-refractivity contribution in [3.05, 3.63) is 35.5 Å². The Morgan fingerprint density at radius 2 is 2.18 bits per heavy atom. The Morgan fingerprint density at radius 1 is 1.41 bits per heavy atom. The van der Waals surface area contributed by atoms with Crippen molar-refractivity contribution in [3.63, 3.8) is 0 Å². The maximum atomic E-state index is 13.2. The molecule has 0 spiro atoms. The maximum Gasteiger partial charge on any atom is 0.246 e. The number of hydrogen-bond donors (Lipinski definition) is 1. The lowest BCUT2D eigenvalue weighted by Crippen LogP contribution is -2.32. The number of nitrogens with zero attached hydrogens (tertiary/aromatic N) is 2. The summed E-state index contributed by atoms with van der Waals surface area (Å²) in [6, 6.07) is 8.30. The highest BCUT2D eigenvalue weighted by Gasteiger charge is 2.41. The molecule has 2 aromatic rings. The normalized spacial score (nSPS) is 16.2. The van der Waals surface area contributed by atoms with Crippen LogP contribution in [0.2, 0.25) is 0 Å². The van der Waals surface area contributed by atoms with E-state index in [1.165, 1.54) is 23.5 Å². The number of nitrogens with one attached hydrogen (secondary N) is 1. The molecule has 3 rings (SSSR count). The maximum absolute atomic E-state index is 13.2. The number of carbonyl (C=O) groups excluding carboxylic acids is 1. The predicted octanol–water partition coefficient (Wildman–Crippen LogP) is 3.97. The van der Waals surface area contributed by atoms with Gasteiger partial charge in [0.2, 0.25) is 5.91 Å². The van der Waals surface area contributed by atoms with Gasteiger partial charge in [-0.3, -0.25) is 4.79 Å². The first-order chi connectivity index (χ1) is 10.6. The standard InChI is InChI=1S/C16H14FN3OS/c17-12-5-3-4-11(8-12)13-9-22-15(19-13)20-14(21)16(10-18)6-1-2-7-16/h3-5,8-9H,1-2,6-7H2,(H,19,20,21). The number of hydrogen-bond acceptors (Lipinski definition) is 4. The van der Waals surface area contributed by atoms with Crippen LogP contribution in [0.1, 0.15) is 25.7 Å². The van der Waals surface area contributed by atoms with Gasteiger partial charge in [0, 0.05) is 10.9 Å². The Balaban J connectivity index is 1.77. The largest absolute Gasteiger partial charge is 0.301 e. The number of halogens is 1. The van der Waals surface area contributed by atoms with E-state index in [0.29, 0.717) is 29.2 Å². The van der Waals surface area contributed by atoms with E-state index in [1.54, 1.807) is 17.5 Å².